The number of halogens is 3. The first-order chi connectivity index (χ1) is 10.4. The average molecular weight is 334 g/mol. The molecular weight excluding hydrogens is 317 g/mol. The third kappa shape index (κ3) is 4.57. The van der Waals surface area contributed by atoms with Gasteiger partial charge in [0, 0.05) is 24.2 Å². The van der Waals surface area contributed by atoms with Crippen LogP contribution < -0.4 is 4.74 Å². The fourth-order valence-corrected chi connectivity index (χ4v) is 2.00. The third-order valence-corrected chi connectivity index (χ3v) is 3.02. The van der Waals surface area contributed by atoms with Gasteiger partial charge in [0.25, 0.3) is 5.69 Å². The SMILES string of the molecule is CCN(C(=O)Oc1ccc([N+](=O)[O-])c(C(F)(F)F)c1)C(C)(C)C. The van der Waals surface area contributed by atoms with Crippen LogP contribution in [0.3, 0.4) is 0 Å². The van der Waals surface area contributed by atoms with Gasteiger partial charge in [-0.05, 0) is 33.8 Å². The zero-order valence-corrected chi connectivity index (χ0v) is 13.1. The van der Waals surface area contributed by atoms with E-state index in [4.69, 9.17) is 4.74 Å². The van der Waals surface area contributed by atoms with Crippen LogP contribution in [0.25, 0.3) is 0 Å². The Morgan fingerprint density at radius 1 is 1.30 bits per heavy atom. The molecule has 0 atom stereocenters. The van der Waals surface area contributed by atoms with Crippen molar-refractivity contribution in [3.05, 3.63) is 33.9 Å². The molecule has 0 aromatic heterocycles. The Hall–Kier alpha value is -2.32. The summed E-state index contributed by atoms with van der Waals surface area (Å²) in [5, 5.41) is 10.7. The number of carbonyl (C=O) groups excluding carboxylic acids is 1. The summed E-state index contributed by atoms with van der Waals surface area (Å²) in [6.45, 7) is 7.23. The lowest BCUT2D eigenvalue weighted by molar-refractivity contribution is -0.388. The minimum atomic E-state index is -4.93. The standard InChI is InChI=1S/C14H17F3N2O4/c1-5-18(13(2,3)4)12(20)23-9-6-7-11(19(21)22)10(8-9)14(15,16)17/h6-8H,5H2,1-4H3. The first kappa shape index (κ1) is 18.7. The number of alkyl halides is 3. The van der Waals surface area contributed by atoms with E-state index in [0.717, 1.165) is 6.07 Å². The van der Waals surface area contributed by atoms with Gasteiger partial charge in [0.05, 0.1) is 4.92 Å². The van der Waals surface area contributed by atoms with E-state index in [2.05, 4.69) is 0 Å². The maximum Gasteiger partial charge on any atom is 0.423 e. The van der Waals surface area contributed by atoms with Crippen LogP contribution in [0.15, 0.2) is 18.2 Å². The van der Waals surface area contributed by atoms with Crippen molar-refractivity contribution < 1.29 is 27.6 Å². The molecule has 0 aliphatic rings. The molecule has 1 aromatic carbocycles. The fourth-order valence-electron chi connectivity index (χ4n) is 2.00. The largest absolute Gasteiger partial charge is 0.423 e. The first-order valence-electron chi connectivity index (χ1n) is 6.73. The van der Waals surface area contributed by atoms with Gasteiger partial charge in [-0.2, -0.15) is 13.2 Å². The van der Waals surface area contributed by atoms with Crippen LogP contribution in [0, 0.1) is 10.1 Å². The van der Waals surface area contributed by atoms with Crippen molar-refractivity contribution in [3.63, 3.8) is 0 Å². The summed E-state index contributed by atoms with van der Waals surface area (Å²) >= 11 is 0. The zero-order chi connectivity index (χ0) is 18.0. The van der Waals surface area contributed by atoms with Crippen molar-refractivity contribution in [2.24, 2.45) is 0 Å². The summed E-state index contributed by atoms with van der Waals surface area (Å²) in [5.74, 6) is -0.407. The second kappa shape index (κ2) is 6.43. The Bertz CT molecular complexity index is 609. The number of carbonyl (C=O) groups is 1. The van der Waals surface area contributed by atoms with Gasteiger partial charge in [0.2, 0.25) is 0 Å². The maximum atomic E-state index is 12.9. The van der Waals surface area contributed by atoms with Crippen molar-refractivity contribution >= 4 is 11.8 Å². The highest BCUT2D eigenvalue weighted by atomic mass is 19.4. The molecule has 0 saturated carbocycles. The van der Waals surface area contributed by atoms with Gasteiger partial charge < -0.3 is 9.64 Å². The number of ether oxygens (including phenoxy) is 1. The number of hydrogen-bond donors (Lipinski definition) is 0. The smallest absolute Gasteiger partial charge is 0.410 e. The Kier molecular flexibility index (Phi) is 5.24. The van der Waals surface area contributed by atoms with E-state index in [1.807, 2.05) is 0 Å². The van der Waals surface area contributed by atoms with Crippen LogP contribution in [0.5, 0.6) is 5.75 Å². The molecule has 0 radical (unpaired) electrons. The molecule has 0 N–H and O–H groups in total. The third-order valence-electron chi connectivity index (χ3n) is 3.02. The van der Waals surface area contributed by atoms with Crippen molar-refractivity contribution in [1.29, 1.82) is 0 Å². The number of nitro benzene ring substituents is 1. The van der Waals surface area contributed by atoms with Crippen molar-refractivity contribution in [2.45, 2.75) is 39.4 Å². The molecule has 128 valence electrons. The van der Waals surface area contributed by atoms with E-state index in [-0.39, 0.29) is 0 Å². The van der Waals surface area contributed by atoms with Gasteiger partial charge in [-0.1, -0.05) is 0 Å². The van der Waals surface area contributed by atoms with Crippen LogP contribution in [-0.4, -0.2) is 28.0 Å². The second-order valence-electron chi connectivity index (χ2n) is 5.72. The molecular formula is C14H17F3N2O4. The molecule has 0 fully saturated rings. The topological polar surface area (TPSA) is 72.7 Å². The lowest BCUT2D eigenvalue weighted by Crippen LogP contribution is -2.46. The molecule has 0 aliphatic heterocycles. The molecule has 0 spiro atoms. The number of rotatable bonds is 3. The van der Waals surface area contributed by atoms with Gasteiger partial charge >= 0.3 is 12.3 Å². The molecule has 6 nitrogen and oxygen atoms in total. The van der Waals surface area contributed by atoms with Gasteiger partial charge in [-0.15, -0.1) is 0 Å². The average Bonchev–Trinajstić information content (AvgIpc) is 2.36. The molecule has 1 aromatic rings. The quantitative estimate of drug-likeness (QED) is 0.612. The summed E-state index contributed by atoms with van der Waals surface area (Å²) in [5.41, 5.74) is -3.15. The summed E-state index contributed by atoms with van der Waals surface area (Å²) in [6, 6.07) is 2.08. The molecule has 1 rings (SSSR count). The van der Waals surface area contributed by atoms with Gasteiger partial charge in [-0.3, -0.25) is 10.1 Å². The lowest BCUT2D eigenvalue weighted by atomic mass is 10.1. The highest BCUT2D eigenvalue weighted by Crippen LogP contribution is 2.38. The normalized spacial score (nSPS) is 12.0. The molecule has 9 heteroatoms. The van der Waals surface area contributed by atoms with Crippen LogP contribution in [0.1, 0.15) is 33.3 Å². The first-order valence-corrected chi connectivity index (χ1v) is 6.73. The molecule has 0 aliphatic carbocycles. The number of amides is 1. The van der Waals surface area contributed by atoms with Crippen LogP contribution in [0.2, 0.25) is 0 Å². The number of nitro groups is 1. The minimum Gasteiger partial charge on any atom is -0.410 e. The Labute approximate surface area is 131 Å². The molecule has 0 bridgehead atoms. The number of benzene rings is 1. The molecule has 0 unspecified atom stereocenters. The van der Waals surface area contributed by atoms with Crippen LogP contribution >= 0.6 is 0 Å². The molecule has 1 amide bonds. The summed E-state index contributed by atoms with van der Waals surface area (Å²) in [6.07, 6.45) is -5.76. The van der Waals surface area contributed by atoms with Crippen LogP contribution in [-0.2, 0) is 6.18 Å². The summed E-state index contributed by atoms with van der Waals surface area (Å²) in [4.78, 5) is 22.9. The van der Waals surface area contributed by atoms with Gasteiger partial charge in [-0.25, -0.2) is 4.79 Å². The molecule has 0 saturated heterocycles. The second-order valence-corrected chi connectivity index (χ2v) is 5.72. The van der Waals surface area contributed by atoms with E-state index in [9.17, 15) is 28.1 Å². The van der Waals surface area contributed by atoms with E-state index < -0.39 is 39.7 Å². The lowest BCUT2D eigenvalue weighted by Gasteiger charge is -2.33. The Morgan fingerprint density at radius 3 is 2.26 bits per heavy atom. The highest BCUT2D eigenvalue weighted by Gasteiger charge is 2.39. The van der Waals surface area contributed by atoms with Gasteiger partial charge in [0.15, 0.2) is 0 Å². The monoisotopic (exact) mass is 334 g/mol. The Balaban J connectivity index is 3.16. The van der Waals surface area contributed by atoms with Crippen molar-refractivity contribution in [3.8, 4) is 5.75 Å². The minimum absolute atomic E-state index is 0.293. The zero-order valence-electron chi connectivity index (χ0n) is 13.1. The summed E-state index contributed by atoms with van der Waals surface area (Å²) < 4.78 is 43.6. The van der Waals surface area contributed by atoms with Crippen LogP contribution in [0.4, 0.5) is 23.7 Å². The van der Waals surface area contributed by atoms with Crippen molar-refractivity contribution in [1.82, 2.24) is 4.90 Å². The molecule has 0 heterocycles. The number of hydrogen-bond acceptors (Lipinski definition) is 4. The predicted octanol–water partition coefficient (Wildman–Crippen LogP) is 4.23. The van der Waals surface area contributed by atoms with E-state index in [1.165, 1.54) is 4.90 Å². The Morgan fingerprint density at radius 2 is 1.87 bits per heavy atom. The fraction of sp³-hybridized carbons (Fsp3) is 0.500. The maximum absolute atomic E-state index is 12.9. The van der Waals surface area contributed by atoms with Crippen molar-refractivity contribution in [2.75, 3.05) is 6.54 Å². The van der Waals surface area contributed by atoms with E-state index in [0.29, 0.717) is 18.7 Å². The number of nitrogens with zero attached hydrogens (tertiary/aromatic N) is 2. The van der Waals surface area contributed by atoms with Gasteiger partial charge in [0.1, 0.15) is 11.3 Å². The predicted molar refractivity (Wildman–Crippen MR) is 76.3 cm³/mol. The van der Waals surface area contributed by atoms with E-state index >= 15 is 0 Å². The summed E-state index contributed by atoms with van der Waals surface area (Å²) in [7, 11) is 0. The van der Waals surface area contributed by atoms with E-state index in [1.54, 1.807) is 27.7 Å². The molecule has 23 heavy (non-hydrogen) atoms. The highest BCUT2D eigenvalue weighted by molar-refractivity contribution is 5.71.